The first kappa shape index (κ1) is 20.9. The molecule has 1 aromatic heterocycles. The Balaban J connectivity index is 1.37. The lowest BCUT2D eigenvalue weighted by molar-refractivity contribution is -0.124. The first-order valence-corrected chi connectivity index (χ1v) is 12.3. The van der Waals surface area contributed by atoms with E-state index in [1.807, 2.05) is 11.0 Å². The number of carbonyl (C=O) groups is 1. The van der Waals surface area contributed by atoms with Crippen molar-refractivity contribution in [2.45, 2.75) is 63.3 Å². The van der Waals surface area contributed by atoms with Crippen LogP contribution in [0, 0.1) is 5.92 Å². The number of pyridine rings is 1. The third-order valence-electron chi connectivity index (χ3n) is 7.91. The first-order valence-electron chi connectivity index (χ1n) is 12.3. The summed E-state index contributed by atoms with van der Waals surface area (Å²) >= 11 is 0. The Bertz CT molecular complexity index is 1020. The summed E-state index contributed by atoms with van der Waals surface area (Å²) in [4.78, 5) is 23.0. The van der Waals surface area contributed by atoms with E-state index in [9.17, 15) is 4.79 Å². The normalized spacial score (nSPS) is 28.5. The average Bonchev–Trinajstić information content (AvgIpc) is 3.02. The van der Waals surface area contributed by atoms with Crippen LogP contribution in [-0.4, -0.2) is 49.4 Å². The van der Waals surface area contributed by atoms with E-state index < -0.39 is 0 Å². The van der Waals surface area contributed by atoms with Crippen molar-refractivity contribution in [1.82, 2.24) is 4.98 Å². The van der Waals surface area contributed by atoms with Crippen LogP contribution in [0.5, 0.6) is 0 Å². The lowest BCUT2D eigenvalue weighted by atomic mass is 9.86. The lowest BCUT2D eigenvalue weighted by Gasteiger charge is -2.37. The van der Waals surface area contributed by atoms with E-state index in [-0.39, 0.29) is 17.9 Å². The van der Waals surface area contributed by atoms with Crippen molar-refractivity contribution in [2.75, 3.05) is 35.4 Å². The second-order valence-corrected chi connectivity index (χ2v) is 9.80. The summed E-state index contributed by atoms with van der Waals surface area (Å²) in [6, 6.07) is 11.4. The van der Waals surface area contributed by atoms with E-state index in [4.69, 9.17) is 9.47 Å². The number of carbonyl (C=O) groups excluding carboxylic acids is 1. The maximum atomic E-state index is 13.9. The quantitative estimate of drug-likeness (QED) is 0.758. The number of aromatic nitrogens is 1. The van der Waals surface area contributed by atoms with Crippen molar-refractivity contribution >= 4 is 28.8 Å². The highest BCUT2D eigenvalue weighted by Gasteiger charge is 2.38. The molecule has 1 aromatic carbocycles. The Morgan fingerprint density at radius 2 is 1.88 bits per heavy atom. The van der Waals surface area contributed by atoms with Crippen LogP contribution < -0.4 is 15.1 Å². The largest absolute Gasteiger partial charge is 0.381 e. The number of rotatable bonds is 3. The number of benzene rings is 1. The number of nitrogens with zero attached hydrogens (tertiary/aromatic N) is 3. The van der Waals surface area contributed by atoms with Crippen molar-refractivity contribution in [1.29, 1.82) is 0 Å². The summed E-state index contributed by atoms with van der Waals surface area (Å²) < 4.78 is 11.3. The maximum Gasteiger partial charge on any atom is 0.230 e. The zero-order valence-corrected chi connectivity index (χ0v) is 19.2. The number of hydrogen-bond acceptors (Lipinski definition) is 6. The Labute approximate surface area is 195 Å². The molecule has 7 nitrogen and oxygen atoms in total. The number of anilines is 4. The van der Waals surface area contributed by atoms with Gasteiger partial charge in [0.1, 0.15) is 5.82 Å². The molecule has 0 radical (unpaired) electrons. The summed E-state index contributed by atoms with van der Waals surface area (Å²) in [5, 5.41) is 3.51. The first-order chi connectivity index (χ1) is 16.2. The molecule has 3 fully saturated rings. The molecule has 1 saturated carbocycles. The highest BCUT2D eigenvalue weighted by atomic mass is 16.5. The van der Waals surface area contributed by atoms with Crippen LogP contribution in [-0.2, 0) is 20.8 Å². The molecular formula is C26H32N4O3. The molecule has 1 aliphatic carbocycles. The zero-order chi connectivity index (χ0) is 22.4. The van der Waals surface area contributed by atoms with Crippen LogP contribution >= 0.6 is 0 Å². The number of ether oxygens (including phenoxy) is 2. The number of amides is 1. The van der Waals surface area contributed by atoms with E-state index >= 15 is 0 Å². The second kappa shape index (κ2) is 8.61. The summed E-state index contributed by atoms with van der Waals surface area (Å²) in [6.45, 7) is 2.10. The molecule has 1 N–H and O–H groups in total. The molecule has 2 aromatic rings. The molecule has 0 spiro atoms. The average molecular weight is 449 g/mol. The third kappa shape index (κ3) is 3.77. The van der Waals surface area contributed by atoms with Gasteiger partial charge in [0, 0.05) is 30.5 Å². The highest BCUT2D eigenvalue weighted by Crippen LogP contribution is 2.42. The van der Waals surface area contributed by atoms with Gasteiger partial charge in [0.25, 0.3) is 0 Å². The fourth-order valence-electron chi connectivity index (χ4n) is 6.08. The molecule has 1 amide bonds. The van der Waals surface area contributed by atoms with E-state index in [1.54, 1.807) is 13.3 Å². The molecule has 4 aliphatic rings. The number of hydrogen-bond donors (Lipinski definition) is 1. The predicted octanol–water partition coefficient (Wildman–Crippen LogP) is 4.24. The molecule has 174 valence electrons. The third-order valence-corrected chi connectivity index (χ3v) is 7.91. The molecular weight excluding hydrogens is 416 g/mol. The summed E-state index contributed by atoms with van der Waals surface area (Å²) in [5.41, 5.74) is 4.12. The van der Waals surface area contributed by atoms with E-state index in [0.717, 1.165) is 61.7 Å². The van der Waals surface area contributed by atoms with Crippen molar-refractivity contribution < 1.29 is 14.3 Å². The highest BCUT2D eigenvalue weighted by molar-refractivity contribution is 6.00. The van der Waals surface area contributed by atoms with Crippen molar-refractivity contribution in [2.24, 2.45) is 5.92 Å². The van der Waals surface area contributed by atoms with Gasteiger partial charge in [-0.15, -0.1) is 0 Å². The predicted molar refractivity (Wildman–Crippen MR) is 128 cm³/mol. The minimum Gasteiger partial charge on any atom is -0.381 e. The Morgan fingerprint density at radius 1 is 1.09 bits per heavy atom. The van der Waals surface area contributed by atoms with Crippen LogP contribution in [0.2, 0.25) is 0 Å². The van der Waals surface area contributed by atoms with Gasteiger partial charge in [0.05, 0.1) is 49.3 Å². The van der Waals surface area contributed by atoms with Gasteiger partial charge in [0.15, 0.2) is 0 Å². The molecule has 4 heterocycles. The number of morpholine rings is 1. The maximum absolute atomic E-state index is 13.9. The van der Waals surface area contributed by atoms with E-state index in [1.165, 1.54) is 18.5 Å². The molecule has 2 unspecified atom stereocenters. The molecule has 33 heavy (non-hydrogen) atoms. The van der Waals surface area contributed by atoms with Crippen molar-refractivity contribution in [3.8, 4) is 0 Å². The minimum absolute atomic E-state index is 0.0331. The summed E-state index contributed by atoms with van der Waals surface area (Å²) in [7, 11) is 1.77. The monoisotopic (exact) mass is 448 g/mol. The van der Waals surface area contributed by atoms with Crippen LogP contribution in [0.25, 0.3) is 0 Å². The van der Waals surface area contributed by atoms with E-state index in [2.05, 4.69) is 39.5 Å². The van der Waals surface area contributed by atoms with Crippen LogP contribution in [0.3, 0.4) is 0 Å². The standard InChI is InChI=1S/C26H32N4O3/c1-32-22-9-4-17(5-10-22)26(31)29-14-18-3-2-12-27-25(18)28-23-11-8-19(13-24(23)29)30-20-6-7-21(30)16-33-15-20/h2-3,8,11-13,17,20-22H,4-7,9-10,14-16H2,1H3,(H,27,28)/t17-,20?,21?,22-. The lowest BCUT2D eigenvalue weighted by Crippen LogP contribution is -2.46. The van der Waals surface area contributed by atoms with E-state index in [0.29, 0.717) is 18.6 Å². The Morgan fingerprint density at radius 3 is 2.64 bits per heavy atom. The second-order valence-electron chi connectivity index (χ2n) is 9.80. The van der Waals surface area contributed by atoms with Gasteiger partial charge >= 0.3 is 0 Å². The van der Waals surface area contributed by atoms with Crippen molar-refractivity contribution in [3.63, 3.8) is 0 Å². The summed E-state index contributed by atoms with van der Waals surface area (Å²) in [5.74, 6) is 1.08. The van der Waals surface area contributed by atoms with Gasteiger partial charge < -0.3 is 24.6 Å². The number of methoxy groups -OCH3 is 1. The Hall–Kier alpha value is -2.64. The fourth-order valence-corrected chi connectivity index (χ4v) is 6.08. The van der Waals surface area contributed by atoms with Gasteiger partial charge in [-0.25, -0.2) is 4.98 Å². The molecule has 2 bridgehead atoms. The van der Waals surface area contributed by atoms with Crippen LogP contribution in [0.15, 0.2) is 36.5 Å². The Kier molecular flexibility index (Phi) is 5.46. The van der Waals surface area contributed by atoms with Crippen molar-refractivity contribution in [3.05, 3.63) is 42.1 Å². The minimum atomic E-state index is 0.0331. The van der Waals surface area contributed by atoms with Gasteiger partial charge in [-0.2, -0.15) is 0 Å². The van der Waals surface area contributed by atoms with Crippen LogP contribution in [0.4, 0.5) is 22.9 Å². The van der Waals surface area contributed by atoms with Gasteiger partial charge in [-0.1, -0.05) is 6.07 Å². The SMILES string of the molecule is CO[C@H]1CC[C@H](C(=O)N2Cc3cccnc3Nc3ccc(N4C5CCC4COC5)cc32)CC1. The molecule has 3 aliphatic heterocycles. The summed E-state index contributed by atoms with van der Waals surface area (Å²) in [6.07, 6.45) is 8.06. The van der Waals surface area contributed by atoms with Gasteiger partial charge in [-0.3, -0.25) is 4.79 Å². The smallest absolute Gasteiger partial charge is 0.230 e. The van der Waals surface area contributed by atoms with Crippen LogP contribution in [0.1, 0.15) is 44.1 Å². The number of nitrogens with one attached hydrogen (secondary N) is 1. The fraction of sp³-hybridized carbons (Fsp3) is 0.538. The van der Waals surface area contributed by atoms with Gasteiger partial charge in [0.2, 0.25) is 5.91 Å². The van der Waals surface area contributed by atoms with Gasteiger partial charge in [-0.05, 0) is 62.8 Å². The molecule has 2 atom stereocenters. The number of fused-ring (bicyclic) bond motifs is 4. The molecule has 7 heteroatoms. The topological polar surface area (TPSA) is 66.9 Å². The molecule has 6 rings (SSSR count). The molecule has 2 saturated heterocycles. The zero-order valence-electron chi connectivity index (χ0n) is 19.2.